The maximum Gasteiger partial charge on any atom is 0.268 e. The minimum absolute atomic E-state index is 0.302. The molecular formula is C24H32N2O3S2. The van der Waals surface area contributed by atoms with Gasteiger partial charge in [0.1, 0.15) is 5.75 Å². The van der Waals surface area contributed by atoms with E-state index in [-0.39, 0.29) is 0 Å². The van der Waals surface area contributed by atoms with E-state index in [9.17, 15) is 8.42 Å². The molecule has 2 aromatic carbocycles. The summed E-state index contributed by atoms with van der Waals surface area (Å²) in [4.78, 5) is 3.41. The number of benzene rings is 2. The maximum atomic E-state index is 13.7. The standard InChI is InChI=1S/C24H32N2O3S2/c1-7-29-20-10-13-23-22(16-20)24(30-15-14-25(5)6)18(4)26(23)31(27,28)21-11-8-19(9-12-21)17(2)3/h8-13,16-17H,7,14-15H2,1-6H3. The van der Waals surface area contributed by atoms with Crippen LogP contribution >= 0.6 is 11.8 Å². The lowest BCUT2D eigenvalue weighted by atomic mass is 10.0. The van der Waals surface area contributed by atoms with Crippen LogP contribution in [0.4, 0.5) is 0 Å². The van der Waals surface area contributed by atoms with Gasteiger partial charge >= 0.3 is 0 Å². The fourth-order valence-corrected chi connectivity index (χ4v) is 6.45. The first-order valence-corrected chi connectivity index (χ1v) is 13.0. The van der Waals surface area contributed by atoms with Crippen LogP contribution in [-0.2, 0) is 10.0 Å². The van der Waals surface area contributed by atoms with E-state index in [4.69, 9.17) is 4.74 Å². The molecule has 0 aliphatic rings. The summed E-state index contributed by atoms with van der Waals surface area (Å²) < 4.78 is 34.5. The number of nitrogens with zero attached hydrogens (tertiary/aromatic N) is 2. The Morgan fingerprint density at radius 3 is 2.35 bits per heavy atom. The van der Waals surface area contributed by atoms with Crippen molar-refractivity contribution < 1.29 is 13.2 Å². The molecule has 0 radical (unpaired) electrons. The third kappa shape index (κ3) is 4.94. The van der Waals surface area contributed by atoms with Gasteiger partial charge in [0.2, 0.25) is 0 Å². The van der Waals surface area contributed by atoms with Crippen molar-refractivity contribution in [1.82, 2.24) is 8.87 Å². The second kappa shape index (κ2) is 9.67. The fraction of sp³-hybridized carbons (Fsp3) is 0.417. The first-order valence-electron chi connectivity index (χ1n) is 10.6. The van der Waals surface area contributed by atoms with Crippen molar-refractivity contribution in [2.75, 3.05) is 33.0 Å². The molecule has 168 valence electrons. The summed E-state index contributed by atoms with van der Waals surface area (Å²) in [5.74, 6) is 1.97. The number of rotatable bonds is 9. The van der Waals surface area contributed by atoms with Crippen molar-refractivity contribution in [3.63, 3.8) is 0 Å². The summed E-state index contributed by atoms with van der Waals surface area (Å²) in [6, 6.07) is 12.9. The molecule has 7 heteroatoms. The van der Waals surface area contributed by atoms with Crippen molar-refractivity contribution in [2.45, 2.75) is 43.4 Å². The van der Waals surface area contributed by atoms with E-state index in [0.29, 0.717) is 22.9 Å². The number of ether oxygens (including phenoxy) is 1. The predicted molar refractivity (Wildman–Crippen MR) is 130 cm³/mol. The minimum Gasteiger partial charge on any atom is -0.494 e. The van der Waals surface area contributed by atoms with Gasteiger partial charge in [-0.2, -0.15) is 0 Å². The quantitative estimate of drug-likeness (QED) is 0.402. The fourth-order valence-electron chi connectivity index (χ4n) is 3.55. The van der Waals surface area contributed by atoms with Gasteiger partial charge in [0.25, 0.3) is 10.0 Å². The average Bonchev–Trinajstić information content (AvgIpc) is 3.00. The van der Waals surface area contributed by atoms with E-state index in [1.807, 2.05) is 58.3 Å². The highest BCUT2D eigenvalue weighted by molar-refractivity contribution is 7.99. The van der Waals surface area contributed by atoms with Gasteiger partial charge in [0.15, 0.2) is 0 Å². The van der Waals surface area contributed by atoms with Crippen LogP contribution < -0.4 is 4.74 Å². The van der Waals surface area contributed by atoms with Gasteiger partial charge in [-0.05, 0) is 69.8 Å². The molecule has 0 aliphatic carbocycles. The predicted octanol–water partition coefficient (Wildman–Crippen LogP) is 5.36. The third-order valence-corrected chi connectivity index (χ3v) is 8.26. The molecule has 0 aliphatic heterocycles. The zero-order valence-corrected chi connectivity index (χ0v) is 20.8. The van der Waals surface area contributed by atoms with Gasteiger partial charge in [0, 0.05) is 28.3 Å². The van der Waals surface area contributed by atoms with Gasteiger partial charge < -0.3 is 9.64 Å². The molecular weight excluding hydrogens is 428 g/mol. The van der Waals surface area contributed by atoms with Crippen molar-refractivity contribution >= 4 is 32.7 Å². The highest BCUT2D eigenvalue weighted by Crippen LogP contribution is 2.38. The smallest absolute Gasteiger partial charge is 0.268 e. The van der Waals surface area contributed by atoms with Crippen LogP contribution in [0.3, 0.4) is 0 Å². The van der Waals surface area contributed by atoms with Crippen LogP contribution in [0.5, 0.6) is 5.75 Å². The molecule has 0 N–H and O–H groups in total. The summed E-state index contributed by atoms with van der Waals surface area (Å²) >= 11 is 1.69. The van der Waals surface area contributed by atoms with Crippen LogP contribution in [0.1, 0.15) is 37.9 Å². The van der Waals surface area contributed by atoms with E-state index < -0.39 is 10.0 Å². The van der Waals surface area contributed by atoms with Crippen molar-refractivity contribution in [2.24, 2.45) is 0 Å². The van der Waals surface area contributed by atoms with E-state index >= 15 is 0 Å². The molecule has 0 bridgehead atoms. The highest BCUT2D eigenvalue weighted by atomic mass is 32.2. The zero-order valence-electron chi connectivity index (χ0n) is 19.2. The maximum absolute atomic E-state index is 13.7. The number of hydrogen-bond donors (Lipinski definition) is 0. The second-order valence-electron chi connectivity index (χ2n) is 8.17. The summed E-state index contributed by atoms with van der Waals surface area (Å²) in [5.41, 5.74) is 2.54. The highest BCUT2D eigenvalue weighted by Gasteiger charge is 2.25. The molecule has 1 heterocycles. The van der Waals surface area contributed by atoms with E-state index in [1.54, 1.807) is 23.9 Å². The number of fused-ring (bicyclic) bond motifs is 1. The van der Waals surface area contributed by atoms with E-state index in [0.717, 1.165) is 39.6 Å². The number of thioether (sulfide) groups is 1. The largest absolute Gasteiger partial charge is 0.494 e. The summed E-state index contributed by atoms with van der Waals surface area (Å²) in [5, 5.41) is 0.912. The normalized spacial score (nSPS) is 12.3. The molecule has 1 aromatic heterocycles. The summed E-state index contributed by atoms with van der Waals surface area (Å²) in [7, 11) is 0.341. The molecule has 31 heavy (non-hydrogen) atoms. The van der Waals surface area contributed by atoms with Gasteiger partial charge in [-0.15, -0.1) is 11.8 Å². The van der Waals surface area contributed by atoms with Gasteiger partial charge in [-0.25, -0.2) is 12.4 Å². The molecule has 0 atom stereocenters. The topological polar surface area (TPSA) is 51.5 Å². The van der Waals surface area contributed by atoms with Crippen LogP contribution in [0.25, 0.3) is 10.9 Å². The van der Waals surface area contributed by atoms with Crippen molar-refractivity contribution in [3.05, 3.63) is 53.7 Å². The Morgan fingerprint density at radius 1 is 1.10 bits per heavy atom. The van der Waals surface area contributed by atoms with Crippen LogP contribution in [-0.4, -0.2) is 50.3 Å². The molecule has 0 saturated carbocycles. The first-order chi connectivity index (χ1) is 14.7. The Bertz CT molecular complexity index is 1150. The molecule has 3 rings (SSSR count). The monoisotopic (exact) mass is 460 g/mol. The lowest BCUT2D eigenvalue weighted by molar-refractivity contribution is 0.340. The lowest BCUT2D eigenvalue weighted by Gasteiger charge is -2.12. The minimum atomic E-state index is -3.73. The third-order valence-electron chi connectivity index (χ3n) is 5.25. The van der Waals surface area contributed by atoms with Crippen LogP contribution in [0, 0.1) is 6.92 Å². The SMILES string of the molecule is CCOc1ccc2c(c1)c(SCCN(C)C)c(C)n2S(=O)(=O)c1ccc(C(C)C)cc1. The van der Waals surface area contributed by atoms with E-state index in [1.165, 1.54) is 3.97 Å². The Morgan fingerprint density at radius 2 is 1.77 bits per heavy atom. The Labute approximate surface area is 190 Å². The molecule has 3 aromatic rings. The number of hydrogen-bond acceptors (Lipinski definition) is 5. The molecule has 0 saturated heterocycles. The zero-order chi connectivity index (χ0) is 22.8. The number of aromatic nitrogens is 1. The second-order valence-corrected chi connectivity index (χ2v) is 11.1. The molecule has 0 fully saturated rings. The Balaban J connectivity index is 2.15. The van der Waals surface area contributed by atoms with Crippen LogP contribution in [0.2, 0.25) is 0 Å². The Hall–Kier alpha value is -1.96. The summed E-state index contributed by atoms with van der Waals surface area (Å²) in [6.07, 6.45) is 0. The van der Waals surface area contributed by atoms with Gasteiger partial charge in [-0.1, -0.05) is 26.0 Å². The Kier molecular flexibility index (Phi) is 7.39. The van der Waals surface area contributed by atoms with Crippen LogP contribution in [0.15, 0.2) is 52.3 Å². The van der Waals surface area contributed by atoms with Crippen molar-refractivity contribution in [3.8, 4) is 5.75 Å². The molecule has 0 unspecified atom stereocenters. The van der Waals surface area contributed by atoms with Gasteiger partial charge in [-0.3, -0.25) is 0 Å². The first kappa shape index (κ1) is 23.7. The van der Waals surface area contributed by atoms with Crippen molar-refractivity contribution in [1.29, 1.82) is 0 Å². The average molecular weight is 461 g/mol. The summed E-state index contributed by atoms with van der Waals surface area (Å²) in [6.45, 7) is 9.50. The molecule has 0 spiro atoms. The lowest BCUT2D eigenvalue weighted by Crippen LogP contribution is -2.15. The molecule has 5 nitrogen and oxygen atoms in total. The van der Waals surface area contributed by atoms with Gasteiger partial charge in [0.05, 0.1) is 17.0 Å². The van der Waals surface area contributed by atoms with E-state index in [2.05, 4.69) is 18.7 Å². The molecule has 0 amide bonds.